The van der Waals surface area contributed by atoms with E-state index in [1.807, 2.05) is 0 Å². The Labute approximate surface area is 120 Å². The summed E-state index contributed by atoms with van der Waals surface area (Å²) in [5.41, 5.74) is 3.40. The van der Waals surface area contributed by atoms with Gasteiger partial charge in [-0.15, -0.1) is 0 Å². The van der Waals surface area contributed by atoms with E-state index in [1.165, 1.54) is 18.5 Å². The number of imidazole rings is 1. The fourth-order valence-electron chi connectivity index (χ4n) is 2.74. The van der Waals surface area contributed by atoms with Crippen molar-refractivity contribution in [3.63, 3.8) is 0 Å². The average molecular weight is 273 g/mol. The number of fused-ring (bicyclic) bond motifs is 1. The first-order valence-corrected chi connectivity index (χ1v) is 7.56. The van der Waals surface area contributed by atoms with Crippen molar-refractivity contribution in [2.45, 2.75) is 45.2 Å². The second kappa shape index (κ2) is 5.94. The minimum Gasteiger partial charge on any atom is -0.396 e. The lowest BCUT2D eigenvalue weighted by molar-refractivity contribution is 0.227. The first-order valence-electron chi connectivity index (χ1n) is 7.56. The molecule has 4 nitrogen and oxygen atoms in total. The van der Waals surface area contributed by atoms with Gasteiger partial charge in [0.2, 0.25) is 0 Å². The predicted octanol–water partition coefficient (Wildman–Crippen LogP) is 2.38. The molecule has 3 rings (SSSR count). The highest BCUT2D eigenvalue weighted by atomic mass is 16.2. The summed E-state index contributed by atoms with van der Waals surface area (Å²) in [5, 5.41) is 8.91. The van der Waals surface area contributed by atoms with Crippen LogP contribution in [0.3, 0.4) is 0 Å². The number of unbranched alkanes of at least 4 members (excludes halogenated alkanes) is 1. The lowest BCUT2D eigenvalue weighted by Gasteiger charge is -2.20. The Morgan fingerprint density at radius 1 is 1.35 bits per heavy atom. The largest absolute Gasteiger partial charge is 0.396 e. The fourth-order valence-corrected chi connectivity index (χ4v) is 2.74. The molecule has 0 spiro atoms. The van der Waals surface area contributed by atoms with Crippen LogP contribution in [-0.4, -0.2) is 38.6 Å². The molecular formula is C16H23N3O. The number of pyridine rings is 1. The minimum atomic E-state index is 0.298. The van der Waals surface area contributed by atoms with Gasteiger partial charge in [0.1, 0.15) is 5.65 Å². The van der Waals surface area contributed by atoms with Gasteiger partial charge >= 0.3 is 0 Å². The normalized spacial score (nSPS) is 15.3. The second-order valence-electron chi connectivity index (χ2n) is 5.76. The van der Waals surface area contributed by atoms with Gasteiger partial charge in [-0.1, -0.05) is 6.07 Å². The average Bonchev–Trinajstić information content (AvgIpc) is 3.19. The zero-order chi connectivity index (χ0) is 13.9. The Morgan fingerprint density at radius 2 is 2.20 bits per heavy atom. The second-order valence-corrected chi connectivity index (χ2v) is 5.76. The van der Waals surface area contributed by atoms with E-state index < -0.39 is 0 Å². The van der Waals surface area contributed by atoms with Gasteiger partial charge in [-0.25, -0.2) is 4.98 Å². The van der Waals surface area contributed by atoms with Crippen LogP contribution in [0.1, 0.15) is 37.1 Å². The van der Waals surface area contributed by atoms with Crippen molar-refractivity contribution in [2.24, 2.45) is 0 Å². The Balaban J connectivity index is 1.71. The molecule has 0 radical (unpaired) electrons. The first kappa shape index (κ1) is 13.6. The molecule has 2 heterocycles. The zero-order valence-corrected chi connectivity index (χ0v) is 12.1. The molecule has 0 unspecified atom stereocenters. The third-order valence-corrected chi connectivity index (χ3v) is 4.03. The molecule has 20 heavy (non-hydrogen) atoms. The third kappa shape index (κ3) is 3.02. The highest BCUT2D eigenvalue weighted by molar-refractivity contribution is 5.41. The number of hydrogen-bond donors (Lipinski definition) is 1. The molecule has 1 N–H and O–H groups in total. The van der Waals surface area contributed by atoms with Gasteiger partial charge in [0.25, 0.3) is 0 Å². The molecule has 0 atom stereocenters. The van der Waals surface area contributed by atoms with Crippen LogP contribution in [0.2, 0.25) is 0 Å². The molecule has 0 saturated heterocycles. The summed E-state index contributed by atoms with van der Waals surface area (Å²) in [5.74, 6) is 0. The molecule has 0 aliphatic heterocycles. The van der Waals surface area contributed by atoms with Gasteiger partial charge in [-0.2, -0.15) is 0 Å². The van der Waals surface area contributed by atoms with Crippen LogP contribution in [0.5, 0.6) is 0 Å². The van der Waals surface area contributed by atoms with Crippen molar-refractivity contribution in [1.82, 2.24) is 14.3 Å². The first-order chi connectivity index (χ1) is 9.78. The number of aromatic nitrogens is 2. The van der Waals surface area contributed by atoms with E-state index in [0.29, 0.717) is 6.61 Å². The zero-order valence-electron chi connectivity index (χ0n) is 12.1. The molecule has 0 bridgehead atoms. The third-order valence-electron chi connectivity index (χ3n) is 4.03. The van der Waals surface area contributed by atoms with E-state index in [9.17, 15) is 0 Å². The van der Waals surface area contributed by atoms with E-state index >= 15 is 0 Å². The monoisotopic (exact) mass is 273 g/mol. The highest BCUT2D eigenvalue weighted by Gasteiger charge is 2.28. The highest BCUT2D eigenvalue weighted by Crippen LogP contribution is 2.28. The summed E-state index contributed by atoms with van der Waals surface area (Å²) in [6.45, 7) is 4.40. The van der Waals surface area contributed by atoms with Crippen LogP contribution in [0, 0.1) is 6.92 Å². The molecule has 1 aliphatic carbocycles. The Kier molecular flexibility index (Phi) is 4.03. The van der Waals surface area contributed by atoms with Crippen molar-refractivity contribution in [3.8, 4) is 0 Å². The van der Waals surface area contributed by atoms with Crippen molar-refractivity contribution >= 4 is 5.65 Å². The van der Waals surface area contributed by atoms with Crippen molar-refractivity contribution in [3.05, 3.63) is 35.8 Å². The molecule has 1 aliphatic rings. The number of hydrogen-bond acceptors (Lipinski definition) is 3. The number of nitrogens with zero attached hydrogens (tertiary/aromatic N) is 3. The van der Waals surface area contributed by atoms with Crippen LogP contribution < -0.4 is 0 Å². The van der Waals surface area contributed by atoms with Crippen LogP contribution in [0.4, 0.5) is 0 Å². The van der Waals surface area contributed by atoms with Crippen molar-refractivity contribution in [2.75, 3.05) is 13.2 Å². The van der Waals surface area contributed by atoms with E-state index in [2.05, 4.69) is 40.6 Å². The molecule has 108 valence electrons. The van der Waals surface area contributed by atoms with Gasteiger partial charge in [0.15, 0.2) is 0 Å². The van der Waals surface area contributed by atoms with Crippen molar-refractivity contribution in [1.29, 1.82) is 0 Å². The van der Waals surface area contributed by atoms with E-state index in [1.54, 1.807) is 0 Å². The van der Waals surface area contributed by atoms with Gasteiger partial charge in [0.05, 0.1) is 5.69 Å². The minimum absolute atomic E-state index is 0.298. The molecule has 0 aromatic carbocycles. The van der Waals surface area contributed by atoms with E-state index in [-0.39, 0.29) is 0 Å². The summed E-state index contributed by atoms with van der Waals surface area (Å²) in [7, 11) is 0. The smallest absolute Gasteiger partial charge is 0.137 e. The quantitative estimate of drug-likeness (QED) is 0.787. The maximum absolute atomic E-state index is 8.91. The van der Waals surface area contributed by atoms with Crippen LogP contribution >= 0.6 is 0 Å². The van der Waals surface area contributed by atoms with Crippen LogP contribution in [0.25, 0.3) is 5.65 Å². The maximum Gasteiger partial charge on any atom is 0.137 e. The lowest BCUT2D eigenvalue weighted by atomic mass is 10.3. The topological polar surface area (TPSA) is 40.8 Å². The van der Waals surface area contributed by atoms with E-state index in [4.69, 9.17) is 10.1 Å². The molecule has 0 amide bonds. The number of aliphatic hydroxyl groups excluding tert-OH is 1. The standard InChI is InChI=1S/C16H23N3O/c1-13-5-4-6-16-17-14(12-19(13)16)11-18(15-7-8-15)9-2-3-10-20/h4-6,12,15,20H,2-3,7-11H2,1H3. The summed E-state index contributed by atoms with van der Waals surface area (Å²) < 4.78 is 2.16. The SMILES string of the molecule is Cc1cccc2nc(CN(CCCCO)C3CC3)cn12. The van der Waals surface area contributed by atoms with Crippen LogP contribution in [0.15, 0.2) is 24.4 Å². The van der Waals surface area contributed by atoms with Crippen LogP contribution in [-0.2, 0) is 6.54 Å². The van der Waals surface area contributed by atoms with Crippen molar-refractivity contribution < 1.29 is 5.11 Å². The molecule has 2 aromatic heterocycles. The summed E-state index contributed by atoms with van der Waals surface area (Å²) >= 11 is 0. The summed E-state index contributed by atoms with van der Waals surface area (Å²) in [6.07, 6.45) is 6.75. The lowest BCUT2D eigenvalue weighted by Crippen LogP contribution is -2.27. The molecule has 2 aromatic rings. The molecular weight excluding hydrogens is 250 g/mol. The van der Waals surface area contributed by atoms with E-state index in [0.717, 1.165) is 43.3 Å². The number of aryl methyl sites for hydroxylation is 1. The molecule has 1 saturated carbocycles. The number of rotatable bonds is 7. The van der Waals surface area contributed by atoms with Gasteiger partial charge in [-0.05, 0) is 51.3 Å². The molecule has 4 heteroatoms. The fraction of sp³-hybridized carbons (Fsp3) is 0.562. The summed E-state index contributed by atoms with van der Waals surface area (Å²) in [4.78, 5) is 7.24. The Hall–Kier alpha value is -1.39. The van der Waals surface area contributed by atoms with Gasteiger partial charge in [0, 0.05) is 31.1 Å². The summed E-state index contributed by atoms with van der Waals surface area (Å²) in [6, 6.07) is 6.96. The van der Waals surface area contributed by atoms with Gasteiger partial charge in [-0.3, -0.25) is 4.90 Å². The molecule has 1 fully saturated rings. The van der Waals surface area contributed by atoms with Gasteiger partial charge < -0.3 is 9.51 Å². The Morgan fingerprint density at radius 3 is 2.90 bits per heavy atom. The predicted molar refractivity (Wildman–Crippen MR) is 79.7 cm³/mol. The number of aliphatic hydroxyl groups is 1. The Bertz CT molecular complexity index is 574. The maximum atomic E-state index is 8.91.